The van der Waals surface area contributed by atoms with E-state index in [0.717, 1.165) is 16.9 Å². The van der Waals surface area contributed by atoms with E-state index in [4.69, 9.17) is 4.74 Å². The van der Waals surface area contributed by atoms with Gasteiger partial charge in [0.2, 0.25) is 11.4 Å². The number of rotatable bonds is 5. The molecule has 0 saturated carbocycles. The zero-order valence-electron chi connectivity index (χ0n) is 16.5. The van der Waals surface area contributed by atoms with E-state index in [-0.39, 0.29) is 11.8 Å². The van der Waals surface area contributed by atoms with Crippen LogP contribution >= 0.6 is 0 Å². The van der Waals surface area contributed by atoms with E-state index in [1.54, 1.807) is 12.1 Å². The molecule has 0 aliphatic carbocycles. The topological polar surface area (TPSA) is 47.2 Å². The number of pyridine rings is 1. The van der Waals surface area contributed by atoms with E-state index < -0.39 is 0 Å². The average Bonchev–Trinajstić information content (AvgIpc) is 2.84. The number of carbonyl (C=O) groups is 2. The van der Waals surface area contributed by atoms with Gasteiger partial charge in [0.1, 0.15) is 0 Å². The number of benzene rings is 3. The lowest BCUT2D eigenvalue weighted by atomic mass is 10.0. The van der Waals surface area contributed by atoms with Crippen molar-refractivity contribution < 1.29 is 18.9 Å². The maximum absolute atomic E-state index is 13.0. The molecule has 0 bridgehead atoms. The molecule has 1 heterocycles. The summed E-state index contributed by atoms with van der Waals surface area (Å²) in [5.41, 5.74) is 4.48. The molecule has 0 N–H and O–H groups in total. The van der Waals surface area contributed by atoms with E-state index in [0.29, 0.717) is 16.7 Å². The molecule has 3 aromatic carbocycles. The summed E-state index contributed by atoms with van der Waals surface area (Å²) in [6.07, 6.45) is 1.84. The number of hydrogen-bond donors (Lipinski definition) is 0. The maximum atomic E-state index is 13.0. The van der Waals surface area contributed by atoms with Crippen LogP contribution in [0.4, 0.5) is 0 Å². The largest absolute Gasteiger partial charge is 0.465 e. The summed E-state index contributed by atoms with van der Waals surface area (Å²) >= 11 is 0. The van der Waals surface area contributed by atoms with Gasteiger partial charge in [0.25, 0.3) is 0 Å². The van der Waals surface area contributed by atoms with Crippen LogP contribution in [0.2, 0.25) is 0 Å². The van der Waals surface area contributed by atoms with Gasteiger partial charge in [-0.1, -0.05) is 48.5 Å². The minimum atomic E-state index is -0.386. The van der Waals surface area contributed by atoms with E-state index in [2.05, 4.69) is 0 Å². The number of hydrogen-bond acceptors (Lipinski definition) is 3. The Morgan fingerprint density at radius 2 is 1.27 bits per heavy atom. The van der Waals surface area contributed by atoms with E-state index in [1.807, 2.05) is 95.7 Å². The predicted octanol–water partition coefficient (Wildman–Crippen LogP) is 4.65. The fraction of sp³-hybridized carbons (Fsp3) is 0.0385. The minimum Gasteiger partial charge on any atom is -0.465 e. The number of carbonyl (C=O) groups excluding carboxylic acids is 2. The fourth-order valence-electron chi connectivity index (χ4n) is 3.32. The van der Waals surface area contributed by atoms with Crippen molar-refractivity contribution in [3.8, 4) is 16.9 Å². The molecule has 4 heteroatoms. The second kappa shape index (κ2) is 8.53. The highest BCUT2D eigenvalue weighted by Gasteiger charge is 2.21. The van der Waals surface area contributed by atoms with Crippen LogP contribution in [0.25, 0.3) is 16.9 Å². The predicted molar refractivity (Wildman–Crippen MR) is 115 cm³/mol. The molecule has 0 aliphatic rings. The number of esters is 1. The van der Waals surface area contributed by atoms with Crippen LogP contribution in [0.3, 0.4) is 0 Å². The first kappa shape index (κ1) is 19.3. The zero-order chi connectivity index (χ0) is 20.9. The summed E-state index contributed by atoms with van der Waals surface area (Å²) in [5, 5.41) is 0. The van der Waals surface area contributed by atoms with Gasteiger partial charge in [0.15, 0.2) is 12.0 Å². The summed E-state index contributed by atoms with van der Waals surface area (Å²) in [5.74, 6) is -0.432. The number of nitrogens with zero attached hydrogens (tertiary/aromatic N) is 1. The van der Waals surface area contributed by atoms with Crippen molar-refractivity contribution in [2.45, 2.75) is 0 Å². The molecule has 146 valence electrons. The molecule has 4 rings (SSSR count). The third-order valence-corrected chi connectivity index (χ3v) is 4.88. The normalized spacial score (nSPS) is 10.4. The van der Waals surface area contributed by atoms with Gasteiger partial charge in [-0.25, -0.2) is 4.79 Å². The Balaban J connectivity index is 1.83. The summed E-state index contributed by atoms with van der Waals surface area (Å²) in [4.78, 5) is 24.8. The molecule has 0 radical (unpaired) electrons. The van der Waals surface area contributed by atoms with Crippen molar-refractivity contribution in [1.82, 2.24) is 0 Å². The van der Waals surface area contributed by atoms with Gasteiger partial charge in [0, 0.05) is 29.3 Å². The molecule has 4 aromatic rings. The summed E-state index contributed by atoms with van der Waals surface area (Å²) < 4.78 is 6.75. The van der Waals surface area contributed by atoms with Gasteiger partial charge < -0.3 is 4.74 Å². The third kappa shape index (κ3) is 3.89. The average molecular weight is 394 g/mol. The van der Waals surface area contributed by atoms with Crippen molar-refractivity contribution in [3.05, 3.63) is 120 Å². The van der Waals surface area contributed by atoms with Crippen molar-refractivity contribution in [1.29, 1.82) is 0 Å². The first-order valence-corrected chi connectivity index (χ1v) is 9.57. The lowest BCUT2D eigenvalue weighted by Gasteiger charge is -2.07. The van der Waals surface area contributed by atoms with Crippen LogP contribution in [0.15, 0.2) is 103 Å². The Bertz CT molecular complexity index is 1180. The quantitative estimate of drug-likeness (QED) is 0.281. The molecule has 0 atom stereocenters. The van der Waals surface area contributed by atoms with Crippen LogP contribution in [-0.4, -0.2) is 18.9 Å². The highest BCUT2D eigenvalue weighted by Crippen LogP contribution is 2.19. The van der Waals surface area contributed by atoms with Crippen LogP contribution in [0.1, 0.15) is 26.3 Å². The number of ether oxygens (including phenoxy) is 1. The van der Waals surface area contributed by atoms with Gasteiger partial charge in [-0.15, -0.1) is 0 Å². The summed E-state index contributed by atoms with van der Waals surface area (Å²) in [6, 6.07) is 30.1. The minimum absolute atomic E-state index is 0.0462. The fourth-order valence-corrected chi connectivity index (χ4v) is 3.32. The highest BCUT2D eigenvalue weighted by molar-refractivity contribution is 6.08. The molecular weight excluding hydrogens is 374 g/mol. The number of ketones is 1. The lowest BCUT2D eigenvalue weighted by molar-refractivity contribution is -0.584. The first-order chi connectivity index (χ1) is 14.7. The van der Waals surface area contributed by atoms with Crippen molar-refractivity contribution in [3.63, 3.8) is 0 Å². The molecule has 0 saturated heterocycles. The molecule has 0 amide bonds. The number of methoxy groups -OCH3 is 1. The van der Waals surface area contributed by atoms with Crippen LogP contribution in [0.5, 0.6) is 0 Å². The van der Waals surface area contributed by atoms with Crippen molar-refractivity contribution in [2.24, 2.45) is 0 Å². The Kier molecular flexibility index (Phi) is 5.48. The molecule has 0 spiro atoms. The summed E-state index contributed by atoms with van der Waals surface area (Å²) in [6.45, 7) is 0. The van der Waals surface area contributed by atoms with Crippen molar-refractivity contribution in [2.75, 3.05) is 7.11 Å². The van der Waals surface area contributed by atoms with E-state index >= 15 is 0 Å². The SMILES string of the molecule is COC(=O)c1ccc(-[n+]2cc(C(=O)c3ccccc3)ccc2-c2ccccc2)cc1. The van der Waals surface area contributed by atoms with Gasteiger partial charge in [-0.3, -0.25) is 4.79 Å². The molecule has 4 nitrogen and oxygen atoms in total. The second-order valence-corrected chi connectivity index (χ2v) is 6.77. The second-order valence-electron chi connectivity index (χ2n) is 6.77. The first-order valence-electron chi connectivity index (χ1n) is 9.57. The third-order valence-electron chi connectivity index (χ3n) is 4.88. The maximum Gasteiger partial charge on any atom is 0.337 e. The Morgan fingerprint density at radius 3 is 1.90 bits per heavy atom. The zero-order valence-corrected chi connectivity index (χ0v) is 16.5. The molecule has 30 heavy (non-hydrogen) atoms. The summed E-state index contributed by atoms with van der Waals surface area (Å²) in [7, 11) is 1.36. The van der Waals surface area contributed by atoms with Gasteiger partial charge >= 0.3 is 5.97 Å². The standard InChI is InChI=1S/C26H20NO3/c1-30-26(29)21-12-15-23(16-13-21)27-18-22(25(28)20-10-6-3-7-11-20)14-17-24(27)19-8-4-2-5-9-19/h2-18H,1H3/q+1. The molecule has 0 aliphatic heterocycles. The van der Waals surface area contributed by atoms with Crippen LogP contribution in [0, 0.1) is 0 Å². The lowest BCUT2D eigenvalue weighted by Crippen LogP contribution is -2.34. The van der Waals surface area contributed by atoms with Gasteiger partial charge in [-0.05, 0) is 30.3 Å². The highest BCUT2D eigenvalue weighted by atomic mass is 16.5. The van der Waals surface area contributed by atoms with E-state index in [9.17, 15) is 9.59 Å². The number of aromatic nitrogens is 1. The van der Waals surface area contributed by atoms with Gasteiger partial charge in [0.05, 0.1) is 18.2 Å². The molecule has 0 fully saturated rings. The van der Waals surface area contributed by atoms with Crippen LogP contribution < -0.4 is 4.57 Å². The molecule has 0 unspecified atom stereocenters. The Labute approximate surface area is 175 Å². The van der Waals surface area contributed by atoms with Crippen LogP contribution in [-0.2, 0) is 4.74 Å². The smallest absolute Gasteiger partial charge is 0.337 e. The monoisotopic (exact) mass is 394 g/mol. The molecule has 1 aromatic heterocycles. The Morgan fingerprint density at radius 1 is 0.667 bits per heavy atom. The Hall–Kier alpha value is -4.05. The van der Waals surface area contributed by atoms with Gasteiger partial charge in [-0.2, -0.15) is 4.57 Å². The van der Waals surface area contributed by atoms with Crippen molar-refractivity contribution >= 4 is 11.8 Å². The van der Waals surface area contributed by atoms with E-state index in [1.165, 1.54) is 7.11 Å². The molecular formula is C26H20NO3+.